The third-order valence-electron chi connectivity index (χ3n) is 3.42. The first-order valence-electron chi connectivity index (χ1n) is 6.45. The number of fused-ring (bicyclic) bond motifs is 2. The van der Waals surface area contributed by atoms with Gasteiger partial charge in [0.1, 0.15) is 11.3 Å². The topological polar surface area (TPSA) is 49.9 Å². The summed E-state index contributed by atoms with van der Waals surface area (Å²) in [6, 6.07) is 12.6. The summed E-state index contributed by atoms with van der Waals surface area (Å²) >= 11 is 0. The highest BCUT2D eigenvalue weighted by Gasteiger charge is 2.23. The number of halogens is 1. The molecule has 1 unspecified atom stereocenters. The van der Waals surface area contributed by atoms with E-state index in [0.29, 0.717) is 23.4 Å². The molecular weight excluding hydrogens is 257 g/mol. The number of rotatable bonds is 1. The molecule has 0 bridgehead atoms. The molecule has 2 N–H and O–H groups in total. The summed E-state index contributed by atoms with van der Waals surface area (Å²) in [7, 11) is 0. The molecule has 0 saturated carbocycles. The van der Waals surface area contributed by atoms with Gasteiger partial charge in [0.25, 0.3) is 0 Å². The van der Waals surface area contributed by atoms with Crippen molar-refractivity contribution in [2.24, 2.45) is 0 Å². The molecule has 1 aromatic heterocycles. The number of ether oxygens (including phenoxy) is 1. The zero-order chi connectivity index (χ0) is 13.5. The number of para-hydroxylation sites is 3. The van der Waals surface area contributed by atoms with Crippen molar-refractivity contribution >= 4 is 16.7 Å². The van der Waals surface area contributed by atoms with Gasteiger partial charge in [-0.2, -0.15) is 0 Å². The number of H-pyrrole nitrogens is 1. The van der Waals surface area contributed by atoms with Gasteiger partial charge in [-0.15, -0.1) is 0 Å². The van der Waals surface area contributed by atoms with Crippen LogP contribution < -0.4 is 10.1 Å². The summed E-state index contributed by atoms with van der Waals surface area (Å²) in [6.07, 6.45) is -0.253. The third kappa shape index (κ3) is 1.71. The van der Waals surface area contributed by atoms with Crippen LogP contribution in [-0.2, 0) is 0 Å². The van der Waals surface area contributed by atoms with Gasteiger partial charge in [0.2, 0.25) is 0 Å². The van der Waals surface area contributed by atoms with Gasteiger partial charge < -0.3 is 15.0 Å². The van der Waals surface area contributed by atoms with Crippen LogP contribution in [0, 0.1) is 5.82 Å². The number of imidazole rings is 1. The first-order chi connectivity index (χ1) is 9.81. The Morgan fingerprint density at radius 3 is 2.95 bits per heavy atom. The number of hydrogen-bond donors (Lipinski definition) is 2. The lowest BCUT2D eigenvalue weighted by Gasteiger charge is -2.25. The van der Waals surface area contributed by atoms with Gasteiger partial charge in [-0.05, 0) is 24.3 Å². The highest BCUT2D eigenvalue weighted by molar-refractivity contribution is 5.75. The van der Waals surface area contributed by atoms with Gasteiger partial charge in [0.05, 0.1) is 17.7 Å². The molecule has 2 aromatic carbocycles. The Balaban J connectivity index is 1.72. The van der Waals surface area contributed by atoms with Crippen LogP contribution >= 0.6 is 0 Å². The van der Waals surface area contributed by atoms with Crippen LogP contribution in [0.2, 0.25) is 0 Å². The summed E-state index contributed by atoms with van der Waals surface area (Å²) in [5, 5.41) is 3.29. The van der Waals surface area contributed by atoms with Crippen molar-refractivity contribution in [3.05, 3.63) is 54.1 Å². The Labute approximate surface area is 114 Å². The lowest BCUT2D eigenvalue weighted by Crippen LogP contribution is -2.24. The minimum atomic E-state index is -0.325. The maximum absolute atomic E-state index is 13.7. The van der Waals surface area contributed by atoms with Gasteiger partial charge in [-0.25, -0.2) is 9.37 Å². The molecule has 3 aromatic rings. The number of aromatic amines is 1. The molecular formula is C15H12FN3O. The molecule has 0 aliphatic carbocycles. The minimum Gasteiger partial charge on any atom is -0.478 e. The summed E-state index contributed by atoms with van der Waals surface area (Å²) in [4.78, 5) is 7.43. The van der Waals surface area contributed by atoms with E-state index in [1.54, 1.807) is 12.1 Å². The highest BCUT2D eigenvalue weighted by atomic mass is 19.1. The van der Waals surface area contributed by atoms with Gasteiger partial charge >= 0.3 is 0 Å². The van der Waals surface area contributed by atoms with Crippen LogP contribution in [0.3, 0.4) is 0 Å². The number of anilines is 1. The van der Waals surface area contributed by atoms with Gasteiger partial charge in [0.15, 0.2) is 17.7 Å². The van der Waals surface area contributed by atoms with Crippen LogP contribution in [-0.4, -0.2) is 16.5 Å². The first-order valence-corrected chi connectivity index (χ1v) is 6.45. The Kier molecular flexibility index (Phi) is 2.39. The SMILES string of the molecule is Fc1cccc2[nH]c(C3CNc4ccccc4O3)nc12. The van der Waals surface area contributed by atoms with E-state index in [1.165, 1.54) is 6.07 Å². The molecule has 4 rings (SSSR count). The van der Waals surface area contributed by atoms with E-state index in [-0.39, 0.29) is 11.9 Å². The van der Waals surface area contributed by atoms with E-state index in [2.05, 4.69) is 15.3 Å². The molecule has 1 atom stereocenters. The van der Waals surface area contributed by atoms with Crippen LogP contribution in [0.5, 0.6) is 5.75 Å². The first kappa shape index (κ1) is 11.3. The van der Waals surface area contributed by atoms with Crippen molar-refractivity contribution in [2.45, 2.75) is 6.10 Å². The number of hydrogen-bond acceptors (Lipinski definition) is 3. The van der Waals surface area contributed by atoms with Gasteiger partial charge in [0, 0.05) is 0 Å². The number of nitrogens with one attached hydrogen (secondary N) is 2. The molecule has 4 nitrogen and oxygen atoms in total. The average molecular weight is 269 g/mol. The van der Waals surface area contributed by atoms with Crippen LogP contribution in [0.4, 0.5) is 10.1 Å². The Bertz CT molecular complexity index is 784. The zero-order valence-corrected chi connectivity index (χ0v) is 10.6. The van der Waals surface area contributed by atoms with E-state index >= 15 is 0 Å². The van der Waals surface area contributed by atoms with Gasteiger partial charge in [-0.3, -0.25) is 0 Å². The maximum atomic E-state index is 13.7. The fourth-order valence-electron chi connectivity index (χ4n) is 2.43. The molecule has 1 aliphatic heterocycles. The summed E-state index contributed by atoms with van der Waals surface area (Å²) in [6.45, 7) is 0.596. The zero-order valence-electron chi connectivity index (χ0n) is 10.6. The molecule has 0 amide bonds. The summed E-state index contributed by atoms with van der Waals surface area (Å²) in [5.41, 5.74) is 2.00. The van der Waals surface area contributed by atoms with E-state index in [4.69, 9.17) is 4.74 Å². The lowest BCUT2D eigenvalue weighted by atomic mass is 10.2. The molecule has 0 saturated heterocycles. The normalized spacial score (nSPS) is 17.4. The molecule has 20 heavy (non-hydrogen) atoms. The van der Waals surface area contributed by atoms with Gasteiger partial charge in [-0.1, -0.05) is 18.2 Å². The standard InChI is InChI=1S/C15H12FN3O/c16-9-4-3-6-11-14(9)19-15(18-11)13-8-17-10-5-1-2-7-12(10)20-13/h1-7,13,17H,8H2,(H,18,19). The fraction of sp³-hybridized carbons (Fsp3) is 0.133. The predicted octanol–water partition coefficient (Wildman–Crippen LogP) is 3.25. The molecule has 0 radical (unpaired) electrons. The van der Waals surface area contributed by atoms with Crippen molar-refractivity contribution in [3.8, 4) is 5.75 Å². The second kappa shape index (κ2) is 4.23. The predicted molar refractivity (Wildman–Crippen MR) is 74.4 cm³/mol. The minimum absolute atomic E-state index is 0.253. The van der Waals surface area contributed by atoms with E-state index in [1.807, 2.05) is 24.3 Å². The second-order valence-electron chi connectivity index (χ2n) is 4.74. The average Bonchev–Trinajstić information content (AvgIpc) is 2.92. The van der Waals surface area contributed by atoms with Crippen molar-refractivity contribution in [1.29, 1.82) is 0 Å². The molecule has 0 fully saturated rings. The quantitative estimate of drug-likeness (QED) is 0.713. The largest absolute Gasteiger partial charge is 0.478 e. The smallest absolute Gasteiger partial charge is 0.173 e. The van der Waals surface area contributed by atoms with Crippen molar-refractivity contribution in [2.75, 3.05) is 11.9 Å². The van der Waals surface area contributed by atoms with Crippen LogP contribution in [0.25, 0.3) is 11.0 Å². The Morgan fingerprint density at radius 2 is 2.05 bits per heavy atom. The number of benzene rings is 2. The monoisotopic (exact) mass is 269 g/mol. The Hall–Kier alpha value is -2.56. The molecule has 1 aliphatic rings. The van der Waals surface area contributed by atoms with Crippen LogP contribution in [0.1, 0.15) is 11.9 Å². The fourth-order valence-corrected chi connectivity index (χ4v) is 2.43. The van der Waals surface area contributed by atoms with Crippen molar-refractivity contribution in [1.82, 2.24) is 9.97 Å². The number of aromatic nitrogens is 2. The molecule has 0 spiro atoms. The van der Waals surface area contributed by atoms with Crippen molar-refractivity contribution < 1.29 is 9.13 Å². The maximum Gasteiger partial charge on any atom is 0.173 e. The second-order valence-corrected chi connectivity index (χ2v) is 4.74. The number of nitrogens with zero attached hydrogens (tertiary/aromatic N) is 1. The Morgan fingerprint density at radius 1 is 1.15 bits per heavy atom. The molecule has 5 heteroatoms. The van der Waals surface area contributed by atoms with E-state index in [9.17, 15) is 4.39 Å². The molecule has 2 heterocycles. The molecule has 100 valence electrons. The van der Waals surface area contributed by atoms with E-state index < -0.39 is 0 Å². The summed E-state index contributed by atoms with van der Waals surface area (Å²) < 4.78 is 19.6. The van der Waals surface area contributed by atoms with E-state index in [0.717, 1.165) is 11.4 Å². The van der Waals surface area contributed by atoms with Crippen molar-refractivity contribution in [3.63, 3.8) is 0 Å². The van der Waals surface area contributed by atoms with Crippen LogP contribution in [0.15, 0.2) is 42.5 Å². The third-order valence-corrected chi connectivity index (χ3v) is 3.42. The summed E-state index contributed by atoms with van der Waals surface area (Å²) in [5.74, 6) is 1.09. The lowest BCUT2D eigenvalue weighted by molar-refractivity contribution is 0.202. The highest BCUT2D eigenvalue weighted by Crippen LogP contribution is 2.33.